The van der Waals surface area contributed by atoms with E-state index >= 15 is 0 Å². The first kappa shape index (κ1) is 12.5. The topological polar surface area (TPSA) is 66.6 Å². The highest BCUT2D eigenvalue weighted by atomic mass is 79.9. The molecule has 1 heterocycles. The molecule has 0 aromatic heterocycles. The summed E-state index contributed by atoms with van der Waals surface area (Å²) in [7, 11) is 0. The standard InChI is InChI=1S/C11H13BrN2O3/c1-11(15)6-13(7-11)5-8-3-2-4-9(10(8)12)14(16)17/h2-4,15H,5-7H2,1H3. The fraction of sp³-hybridized carbons (Fsp3) is 0.455. The minimum absolute atomic E-state index is 0.0785. The van der Waals surface area contributed by atoms with Crippen molar-refractivity contribution in [3.05, 3.63) is 38.3 Å². The summed E-state index contributed by atoms with van der Waals surface area (Å²) in [5.41, 5.74) is 0.331. The Morgan fingerprint density at radius 2 is 2.24 bits per heavy atom. The van der Waals surface area contributed by atoms with E-state index in [1.54, 1.807) is 13.0 Å². The summed E-state index contributed by atoms with van der Waals surface area (Å²) in [6.45, 7) is 3.59. The van der Waals surface area contributed by atoms with Gasteiger partial charge in [-0.3, -0.25) is 15.0 Å². The third-order valence-electron chi connectivity index (χ3n) is 2.78. The molecular weight excluding hydrogens is 288 g/mol. The molecule has 0 saturated carbocycles. The molecule has 1 aliphatic heterocycles. The van der Waals surface area contributed by atoms with E-state index < -0.39 is 10.5 Å². The van der Waals surface area contributed by atoms with Gasteiger partial charge in [0.2, 0.25) is 0 Å². The number of halogens is 1. The van der Waals surface area contributed by atoms with Crippen molar-refractivity contribution >= 4 is 21.6 Å². The van der Waals surface area contributed by atoms with E-state index in [0.29, 0.717) is 24.1 Å². The number of aliphatic hydroxyl groups is 1. The van der Waals surface area contributed by atoms with Gasteiger partial charge >= 0.3 is 0 Å². The van der Waals surface area contributed by atoms with E-state index in [9.17, 15) is 15.2 Å². The lowest BCUT2D eigenvalue weighted by molar-refractivity contribution is -0.385. The second kappa shape index (κ2) is 4.36. The highest BCUT2D eigenvalue weighted by Crippen LogP contribution is 2.31. The van der Waals surface area contributed by atoms with Crippen molar-refractivity contribution in [2.45, 2.75) is 19.1 Å². The molecule has 0 bridgehead atoms. The van der Waals surface area contributed by atoms with E-state index in [1.807, 2.05) is 11.0 Å². The number of likely N-dealkylation sites (tertiary alicyclic amines) is 1. The predicted octanol–water partition coefficient (Wildman–Crippen LogP) is 1.92. The molecule has 0 amide bonds. The van der Waals surface area contributed by atoms with Crippen molar-refractivity contribution in [1.29, 1.82) is 0 Å². The zero-order valence-corrected chi connectivity index (χ0v) is 11.0. The Morgan fingerprint density at radius 3 is 2.76 bits per heavy atom. The quantitative estimate of drug-likeness (QED) is 0.684. The lowest BCUT2D eigenvalue weighted by Gasteiger charge is -2.44. The minimum Gasteiger partial charge on any atom is -0.388 e. The molecule has 0 radical (unpaired) electrons. The van der Waals surface area contributed by atoms with Crippen LogP contribution in [0.15, 0.2) is 22.7 Å². The van der Waals surface area contributed by atoms with Crippen LogP contribution in [-0.4, -0.2) is 33.6 Å². The second-order valence-electron chi connectivity index (χ2n) is 4.65. The van der Waals surface area contributed by atoms with Crippen LogP contribution in [0.3, 0.4) is 0 Å². The molecular formula is C11H13BrN2O3. The van der Waals surface area contributed by atoms with Crippen LogP contribution in [0.5, 0.6) is 0 Å². The van der Waals surface area contributed by atoms with Crippen molar-refractivity contribution in [3.63, 3.8) is 0 Å². The molecule has 17 heavy (non-hydrogen) atoms. The lowest BCUT2D eigenvalue weighted by atomic mass is 9.96. The molecule has 1 aromatic rings. The molecule has 0 aliphatic carbocycles. The number of nitro benzene ring substituents is 1. The van der Waals surface area contributed by atoms with E-state index in [2.05, 4.69) is 15.9 Å². The summed E-state index contributed by atoms with van der Waals surface area (Å²) in [6, 6.07) is 5.00. The summed E-state index contributed by atoms with van der Waals surface area (Å²) >= 11 is 3.26. The van der Waals surface area contributed by atoms with Crippen LogP contribution in [0, 0.1) is 10.1 Å². The summed E-state index contributed by atoms with van der Waals surface area (Å²) in [4.78, 5) is 12.4. The molecule has 2 rings (SSSR count). The average Bonchev–Trinajstić information content (AvgIpc) is 2.17. The van der Waals surface area contributed by atoms with Crippen LogP contribution >= 0.6 is 15.9 Å². The smallest absolute Gasteiger partial charge is 0.283 e. The molecule has 1 fully saturated rings. The van der Waals surface area contributed by atoms with E-state index in [1.165, 1.54) is 6.07 Å². The molecule has 92 valence electrons. The number of hydrogen-bond acceptors (Lipinski definition) is 4. The number of hydrogen-bond donors (Lipinski definition) is 1. The third-order valence-corrected chi connectivity index (χ3v) is 3.69. The molecule has 0 atom stereocenters. The Kier molecular flexibility index (Phi) is 3.20. The van der Waals surface area contributed by atoms with E-state index in [0.717, 1.165) is 5.56 Å². The Hall–Kier alpha value is -0.980. The van der Waals surface area contributed by atoms with Crippen LogP contribution in [0.1, 0.15) is 12.5 Å². The number of nitrogens with zero attached hydrogens (tertiary/aromatic N) is 2. The first-order valence-corrected chi connectivity index (χ1v) is 6.05. The average molecular weight is 301 g/mol. The maximum absolute atomic E-state index is 10.8. The molecule has 0 spiro atoms. The largest absolute Gasteiger partial charge is 0.388 e. The van der Waals surface area contributed by atoms with Gasteiger partial charge in [-0.05, 0) is 28.4 Å². The normalized spacial score (nSPS) is 18.8. The highest BCUT2D eigenvalue weighted by molar-refractivity contribution is 9.10. The fourth-order valence-corrected chi connectivity index (χ4v) is 2.63. The molecule has 6 heteroatoms. The van der Waals surface area contributed by atoms with Crippen molar-refractivity contribution in [2.75, 3.05) is 13.1 Å². The number of benzene rings is 1. The monoisotopic (exact) mass is 300 g/mol. The van der Waals surface area contributed by atoms with Crippen molar-refractivity contribution in [2.24, 2.45) is 0 Å². The SMILES string of the molecule is CC1(O)CN(Cc2cccc([N+](=O)[O-])c2Br)C1. The van der Waals surface area contributed by atoms with Crippen molar-refractivity contribution in [3.8, 4) is 0 Å². The van der Waals surface area contributed by atoms with Crippen LogP contribution in [-0.2, 0) is 6.54 Å². The Labute approximate surface area is 107 Å². The molecule has 1 aromatic carbocycles. The van der Waals surface area contributed by atoms with Gasteiger partial charge in [-0.1, -0.05) is 12.1 Å². The zero-order valence-electron chi connectivity index (χ0n) is 9.39. The number of β-amino-alcohol motifs (C(OH)–C–C–N with tert-alkyl or cyclic N) is 1. The minimum atomic E-state index is -0.618. The van der Waals surface area contributed by atoms with Crippen LogP contribution < -0.4 is 0 Å². The predicted molar refractivity (Wildman–Crippen MR) is 66.7 cm³/mol. The van der Waals surface area contributed by atoms with Crippen LogP contribution in [0.2, 0.25) is 0 Å². The van der Waals surface area contributed by atoms with Crippen molar-refractivity contribution < 1.29 is 10.0 Å². The van der Waals surface area contributed by atoms with Crippen LogP contribution in [0.25, 0.3) is 0 Å². The number of rotatable bonds is 3. The number of nitro groups is 1. The summed E-state index contributed by atoms with van der Waals surface area (Å²) in [5, 5.41) is 20.4. The Bertz CT molecular complexity index is 454. The van der Waals surface area contributed by atoms with E-state index in [-0.39, 0.29) is 5.69 Å². The molecule has 1 N–H and O–H groups in total. The molecule has 1 aliphatic rings. The van der Waals surface area contributed by atoms with Gasteiger partial charge in [0.1, 0.15) is 0 Å². The van der Waals surface area contributed by atoms with Gasteiger partial charge in [-0.25, -0.2) is 0 Å². The van der Waals surface area contributed by atoms with Gasteiger partial charge in [0.25, 0.3) is 5.69 Å². The van der Waals surface area contributed by atoms with E-state index in [4.69, 9.17) is 0 Å². The van der Waals surface area contributed by atoms with Gasteiger partial charge in [0.15, 0.2) is 0 Å². The Balaban J connectivity index is 2.12. The van der Waals surface area contributed by atoms with Gasteiger partial charge in [-0.2, -0.15) is 0 Å². The summed E-state index contributed by atoms with van der Waals surface area (Å²) in [6.07, 6.45) is 0. The maximum Gasteiger partial charge on any atom is 0.283 e. The maximum atomic E-state index is 10.8. The second-order valence-corrected chi connectivity index (χ2v) is 5.44. The first-order chi connectivity index (χ1) is 7.89. The lowest BCUT2D eigenvalue weighted by Crippen LogP contribution is -2.59. The zero-order chi connectivity index (χ0) is 12.6. The molecule has 1 saturated heterocycles. The first-order valence-electron chi connectivity index (χ1n) is 5.25. The Morgan fingerprint density at radius 1 is 1.59 bits per heavy atom. The molecule has 5 nitrogen and oxygen atoms in total. The van der Waals surface area contributed by atoms with Gasteiger partial charge in [-0.15, -0.1) is 0 Å². The fourth-order valence-electron chi connectivity index (χ4n) is 2.10. The van der Waals surface area contributed by atoms with Gasteiger partial charge in [0.05, 0.1) is 15.0 Å². The van der Waals surface area contributed by atoms with Crippen LogP contribution in [0.4, 0.5) is 5.69 Å². The molecule has 0 unspecified atom stereocenters. The summed E-state index contributed by atoms with van der Waals surface area (Å²) < 4.78 is 0.525. The van der Waals surface area contributed by atoms with Crippen molar-refractivity contribution in [1.82, 2.24) is 4.90 Å². The highest BCUT2D eigenvalue weighted by Gasteiger charge is 2.36. The third kappa shape index (κ3) is 2.65. The van der Waals surface area contributed by atoms with Gasteiger partial charge in [0, 0.05) is 25.7 Å². The van der Waals surface area contributed by atoms with Gasteiger partial charge < -0.3 is 5.11 Å². The summed E-state index contributed by atoms with van der Waals surface area (Å²) in [5.74, 6) is 0.